The van der Waals surface area contributed by atoms with Crippen LogP contribution in [0.2, 0.25) is 0 Å². The molecule has 0 aliphatic carbocycles. The van der Waals surface area contributed by atoms with Crippen molar-refractivity contribution < 1.29 is 61.8 Å². The summed E-state index contributed by atoms with van der Waals surface area (Å²) in [5, 5.41) is 22.8. The van der Waals surface area contributed by atoms with Crippen LogP contribution in [0, 0.1) is 0 Å². The van der Waals surface area contributed by atoms with E-state index in [0.29, 0.717) is 45.1 Å². The van der Waals surface area contributed by atoms with Gasteiger partial charge in [-0.25, -0.2) is 0 Å². The molecule has 4 rings (SSSR count). The smallest absolute Gasteiger partial charge is 0.507 e. The fourth-order valence-corrected chi connectivity index (χ4v) is 9.65. The molecule has 0 bridgehead atoms. The average molecular weight is 955 g/mol. The minimum atomic E-state index is -6.43. The highest BCUT2D eigenvalue weighted by atomic mass is 32.2. The highest BCUT2D eigenvalue weighted by Crippen LogP contribution is 2.53. The van der Waals surface area contributed by atoms with E-state index in [4.69, 9.17) is 4.18 Å². The van der Waals surface area contributed by atoms with E-state index in [1.165, 1.54) is 30.3 Å². The fraction of sp³-hybridized carbons (Fsp3) is 0.429. The third-order valence-electron chi connectivity index (χ3n) is 9.05. The second-order valence-corrected chi connectivity index (χ2v) is 24.6. The molecular weight excluding hydrogens is 907 g/mol. The van der Waals surface area contributed by atoms with E-state index in [-0.39, 0.29) is 41.4 Å². The Morgan fingerprint density at radius 2 is 0.770 bits per heavy atom. The quantitative estimate of drug-likeness (QED) is 0.0896. The summed E-state index contributed by atoms with van der Waals surface area (Å²) in [7, 11) is -12.7. The molecule has 0 fully saturated rings. The molecule has 0 aliphatic rings. The molecule has 0 saturated heterocycles. The third kappa shape index (κ3) is 12.0. The summed E-state index contributed by atoms with van der Waals surface area (Å²) in [4.78, 5) is -0.266. The van der Waals surface area contributed by atoms with Gasteiger partial charge in [-0.15, -0.1) is 0 Å². The van der Waals surface area contributed by atoms with Crippen molar-refractivity contribution in [2.75, 3.05) is 0 Å². The molecule has 0 radical (unpaired) electrons. The van der Waals surface area contributed by atoms with Gasteiger partial charge in [-0.1, -0.05) is 131 Å². The highest BCUT2D eigenvalue weighted by Gasteiger charge is 2.50. The Labute approximate surface area is 366 Å². The van der Waals surface area contributed by atoms with Crippen LogP contribution >= 0.6 is 35.3 Å². The monoisotopic (exact) mass is 954 g/mol. The number of benzene rings is 4. The molecule has 4 aromatic carbocycles. The van der Waals surface area contributed by atoms with Crippen molar-refractivity contribution in [2.24, 2.45) is 0 Å². The Morgan fingerprint density at radius 3 is 1.18 bits per heavy atom. The van der Waals surface area contributed by atoms with Crippen LogP contribution in [0.5, 0.6) is 23.0 Å². The van der Waals surface area contributed by atoms with Gasteiger partial charge >= 0.3 is 31.3 Å². The van der Waals surface area contributed by atoms with E-state index in [0.717, 1.165) is 23.4 Å². The topological polar surface area (TPSA) is 127 Å². The van der Waals surface area contributed by atoms with Crippen LogP contribution in [0.3, 0.4) is 0 Å². The summed E-state index contributed by atoms with van der Waals surface area (Å²) in [5.74, 6) is -2.19. The number of hydrogen-bond donors (Lipinski definition) is 2. The van der Waals surface area contributed by atoms with Crippen molar-refractivity contribution in [3.63, 3.8) is 0 Å². The molecule has 0 aliphatic heterocycles. The second-order valence-electron chi connectivity index (χ2n) is 18.2. The van der Waals surface area contributed by atoms with Gasteiger partial charge in [0.1, 0.15) is 11.5 Å². The standard InChI is InChI=1S/C42H48F6O8S5/c1-37(2,3)23-13-15-27(49)29(17-23)57-31-19-25(39(7,8)9)20-32(35(31)50)59-34-22-26(40(10,11)12)21-33(36(34)56-61(53,54)42(46,47)48)58-30-18-24(38(4,5)6)14-16-28(30)55-60(51,52)41(43,44)45/h13-22,49-50H,1-12H3. The molecule has 0 saturated carbocycles. The van der Waals surface area contributed by atoms with Crippen molar-refractivity contribution in [3.8, 4) is 23.0 Å². The van der Waals surface area contributed by atoms with Crippen LogP contribution in [-0.4, -0.2) is 38.1 Å². The maximum absolute atomic E-state index is 14.1. The van der Waals surface area contributed by atoms with Crippen LogP contribution in [-0.2, 0) is 41.9 Å². The van der Waals surface area contributed by atoms with Crippen LogP contribution in [0.25, 0.3) is 0 Å². The molecule has 0 atom stereocenters. The Morgan fingerprint density at radius 1 is 0.443 bits per heavy atom. The van der Waals surface area contributed by atoms with Gasteiger partial charge in [0, 0.05) is 0 Å². The lowest BCUT2D eigenvalue weighted by Crippen LogP contribution is -2.28. The minimum Gasteiger partial charge on any atom is -0.507 e. The Hall–Kier alpha value is -3.39. The van der Waals surface area contributed by atoms with Gasteiger partial charge in [0.25, 0.3) is 0 Å². The zero-order valence-corrected chi connectivity index (χ0v) is 39.5. The largest absolute Gasteiger partial charge is 0.534 e. The molecular formula is C42H48F6O8S5. The molecule has 0 aromatic heterocycles. The number of rotatable bonds is 10. The first-order chi connectivity index (χ1) is 27.3. The summed E-state index contributed by atoms with van der Waals surface area (Å²) in [6, 6.07) is 14.6. The molecule has 0 spiro atoms. The van der Waals surface area contributed by atoms with Crippen molar-refractivity contribution in [2.45, 2.75) is 145 Å². The predicted octanol–water partition coefficient (Wildman–Crippen LogP) is 13.2. The summed E-state index contributed by atoms with van der Waals surface area (Å²) < 4.78 is 143. The van der Waals surface area contributed by atoms with Gasteiger partial charge in [0.2, 0.25) is 0 Å². The van der Waals surface area contributed by atoms with E-state index in [9.17, 15) is 53.4 Å². The fourth-order valence-electron chi connectivity index (χ4n) is 5.28. The molecule has 19 heteroatoms. The van der Waals surface area contributed by atoms with Crippen LogP contribution in [0.15, 0.2) is 90.0 Å². The SMILES string of the molecule is CC(C)(C)c1ccc(O)c(Sc2cc(C(C)(C)C)cc(Sc3cc(C(C)(C)C)cc(Sc4cc(C(C)(C)C)ccc4OS(=O)(=O)C(F)(F)F)c3OS(=O)(=O)C(F)(F)F)c2O)c1. The Bertz CT molecular complexity index is 2530. The first kappa shape index (κ1) is 50.3. The van der Waals surface area contributed by atoms with Crippen molar-refractivity contribution >= 4 is 55.5 Å². The van der Waals surface area contributed by atoms with Crippen LogP contribution < -0.4 is 8.37 Å². The summed E-state index contributed by atoms with van der Waals surface area (Å²) in [5.41, 5.74) is -11.9. The predicted molar refractivity (Wildman–Crippen MR) is 227 cm³/mol. The second kappa shape index (κ2) is 17.0. The van der Waals surface area contributed by atoms with Gasteiger partial charge in [-0.05, 0) is 92.4 Å². The Balaban J connectivity index is 2.08. The average Bonchev–Trinajstić information content (AvgIpc) is 3.06. The van der Waals surface area contributed by atoms with Crippen LogP contribution in [0.1, 0.15) is 105 Å². The van der Waals surface area contributed by atoms with E-state index >= 15 is 0 Å². The first-order valence-electron chi connectivity index (χ1n) is 18.4. The molecule has 8 nitrogen and oxygen atoms in total. The normalized spacial score (nSPS) is 13.7. The van der Waals surface area contributed by atoms with E-state index < -0.39 is 59.0 Å². The van der Waals surface area contributed by atoms with E-state index in [2.05, 4.69) is 4.18 Å². The molecule has 0 amide bonds. The van der Waals surface area contributed by atoms with E-state index in [1.54, 1.807) is 65.8 Å². The van der Waals surface area contributed by atoms with Crippen molar-refractivity contribution in [3.05, 3.63) is 82.9 Å². The first-order valence-corrected chi connectivity index (χ1v) is 23.7. The number of phenols is 2. The maximum atomic E-state index is 14.1. The molecule has 0 heterocycles. The minimum absolute atomic E-state index is 0.0488. The molecule has 2 N–H and O–H groups in total. The highest BCUT2D eigenvalue weighted by molar-refractivity contribution is 8.01. The number of aromatic hydroxyl groups is 2. The lowest BCUT2D eigenvalue weighted by atomic mass is 9.87. The van der Waals surface area contributed by atoms with E-state index in [1.807, 2.05) is 41.5 Å². The lowest BCUT2D eigenvalue weighted by molar-refractivity contribution is -0.0505. The number of hydrogen-bond acceptors (Lipinski definition) is 11. The van der Waals surface area contributed by atoms with Gasteiger partial charge in [-0.3, -0.25) is 0 Å². The number of alkyl halides is 6. The van der Waals surface area contributed by atoms with Crippen LogP contribution in [0.4, 0.5) is 26.3 Å². The van der Waals surface area contributed by atoms with Crippen molar-refractivity contribution in [1.29, 1.82) is 0 Å². The zero-order chi connectivity index (χ0) is 46.7. The number of phenolic OH excluding ortho intramolecular Hbond substituents is 2. The summed E-state index contributed by atoms with van der Waals surface area (Å²) in [6.45, 7) is 22.1. The summed E-state index contributed by atoms with van der Waals surface area (Å²) >= 11 is 2.13. The molecule has 336 valence electrons. The van der Waals surface area contributed by atoms with Gasteiger partial charge in [0.15, 0.2) is 11.5 Å². The Kier molecular flexibility index (Phi) is 14.0. The maximum Gasteiger partial charge on any atom is 0.534 e. The third-order valence-corrected chi connectivity index (χ3v) is 14.2. The zero-order valence-electron chi connectivity index (χ0n) is 35.4. The summed E-state index contributed by atoms with van der Waals surface area (Å²) in [6.07, 6.45) is 0. The van der Waals surface area contributed by atoms with Gasteiger partial charge < -0.3 is 18.6 Å². The van der Waals surface area contributed by atoms with Gasteiger partial charge in [0.05, 0.1) is 29.4 Å². The lowest BCUT2D eigenvalue weighted by Gasteiger charge is -2.26. The molecule has 0 unspecified atom stereocenters. The van der Waals surface area contributed by atoms with Crippen molar-refractivity contribution in [1.82, 2.24) is 0 Å². The van der Waals surface area contributed by atoms with Gasteiger partial charge in [-0.2, -0.15) is 43.2 Å². The number of halogens is 6. The molecule has 61 heavy (non-hydrogen) atoms. The molecule has 4 aromatic rings.